The molecular formula is C20H19N3O. The first-order chi connectivity index (χ1) is 11.6. The lowest BCUT2D eigenvalue weighted by atomic mass is 10.2. The number of aromatic nitrogens is 1. The predicted octanol–water partition coefficient (Wildman–Crippen LogP) is 4.69. The van der Waals surface area contributed by atoms with Gasteiger partial charge in [-0.25, -0.2) is 0 Å². The predicted molar refractivity (Wildman–Crippen MR) is 97.8 cm³/mol. The van der Waals surface area contributed by atoms with Gasteiger partial charge in [0.25, 0.3) is 5.91 Å². The molecule has 0 atom stereocenters. The van der Waals surface area contributed by atoms with E-state index in [1.807, 2.05) is 68.4 Å². The first-order valence-corrected chi connectivity index (χ1v) is 7.78. The van der Waals surface area contributed by atoms with Gasteiger partial charge in [0.2, 0.25) is 0 Å². The molecule has 4 heteroatoms. The van der Waals surface area contributed by atoms with Crippen LogP contribution in [-0.2, 0) is 0 Å². The van der Waals surface area contributed by atoms with E-state index in [1.54, 1.807) is 12.3 Å². The van der Waals surface area contributed by atoms with Crippen LogP contribution in [0.3, 0.4) is 0 Å². The molecule has 0 bridgehead atoms. The molecule has 24 heavy (non-hydrogen) atoms. The monoisotopic (exact) mass is 317 g/mol. The largest absolute Gasteiger partial charge is 0.355 e. The maximum absolute atomic E-state index is 12.4. The molecule has 0 saturated carbocycles. The summed E-state index contributed by atoms with van der Waals surface area (Å²) in [6.07, 6.45) is 1.63. The Labute approximate surface area is 141 Å². The van der Waals surface area contributed by atoms with Crippen molar-refractivity contribution in [3.05, 3.63) is 83.7 Å². The highest BCUT2D eigenvalue weighted by atomic mass is 16.1. The third-order valence-electron chi connectivity index (χ3n) is 3.58. The van der Waals surface area contributed by atoms with Gasteiger partial charge in [-0.2, -0.15) is 0 Å². The van der Waals surface area contributed by atoms with Gasteiger partial charge < -0.3 is 10.6 Å². The van der Waals surface area contributed by atoms with E-state index in [1.165, 1.54) is 5.56 Å². The molecule has 2 aromatic carbocycles. The van der Waals surface area contributed by atoms with Crippen LogP contribution in [0.5, 0.6) is 0 Å². The minimum absolute atomic E-state index is 0.228. The molecular weight excluding hydrogens is 298 g/mol. The van der Waals surface area contributed by atoms with E-state index in [-0.39, 0.29) is 5.91 Å². The van der Waals surface area contributed by atoms with E-state index >= 15 is 0 Å². The van der Waals surface area contributed by atoms with Crippen LogP contribution in [0.4, 0.5) is 17.1 Å². The van der Waals surface area contributed by atoms with Crippen LogP contribution in [0.15, 0.2) is 66.9 Å². The molecule has 3 aromatic rings. The number of hydrogen-bond donors (Lipinski definition) is 2. The summed E-state index contributed by atoms with van der Waals surface area (Å²) in [5, 5.41) is 6.16. The fourth-order valence-corrected chi connectivity index (χ4v) is 2.44. The Hall–Kier alpha value is -3.14. The normalized spacial score (nSPS) is 10.2. The standard InChI is InChI=1S/C20H19N3O/c1-14-5-3-7-16(11-14)22-18-9-10-21-19(13-18)20(24)23-17-8-4-6-15(2)12-17/h3-13H,1-2H3,(H,21,22)(H,23,24). The molecule has 0 saturated heterocycles. The Morgan fingerprint density at radius 2 is 1.46 bits per heavy atom. The highest BCUT2D eigenvalue weighted by molar-refractivity contribution is 6.03. The van der Waals surface area contributed by atoms with Gasteiger partial charge in [-0.05, 0) is 61.4 Å². The smallest absolute Gasteiger partial charge is 0.274 e. The highest BCUT2D eigenvalue weighted by Crippen LogP contribution is 2.18. The van der Waals surface area contributed by atoms with Crippen LogP contribution in [0.2, 0.25) is 0 Å². The minimum Gasteiger partial charge on any atom is -0.355 e. The van der Waals surface area contributed by atoms with Crippen molar-refractivity contribution in [2.24, 2.45) is 0 Å². The van der Waals surface area contributed by atoms with Crippen LogP contribution >= 0.6 is 0 Å². The van der Waals surface area contributed by atoms with E-state index in [0.29, 0.717) is 5.69 Å². The van der Waals surface area contributed by atoms with Crippen LogP contribution < -0.4 is 10.6 Å². The molecule has 2 N–H and O–H groups in total. The van der Waals surface area contributed by atoms with E-state index in [0.717, 1.165) is 22.6 Å². The Bertz CT molecular complexity index is 874. The number of amides is 1. The summed E-state index contributed by atoms with van der Waals surface area (Å²) in [5.74, 6) is -0.228. The van der Waals surface area contributed by atoms with Crippen molar-refractivity contribution in [3.63, 3.8) is 0 Å². The molecule has 0 fully saturated rings. The number of carbonyl (C=O) groups excluding carboxylic acids is 1. The summed E-state index contributed by atoms with van der Waals surface area (Å²) >= 11 is 0. The number of aryl methyl sites for hydroxylation is 2. The van der Waals surface area contributed by atoms with Crippen LogP contribution in [-0.4, -0.2) is 10.9 Å². The highest BCUT2D eigenvalue weighted by Gasteiger charge is 2.09. The van der Waals surface area contributed by atoms with Crippen molar-refractivity contribution in [3.8, 4) is 0 Å². The molecule has 1 heterocycles. The molecule has 0 radical (unpaired) electrons. The summed E-state index contributed by atoms with van der Waals surface area (Å²) in [5.41, 5.74) is 5.20. The van der Waals surface area contributed by atoms with Gasteiger partial charge in [0.15, 0.2) is 0 Å². The topological polar surface area (TPSA) is 54.0 Å². The molecule has 0 spiro atoms. The Morgan fingerprint density at radius 1 is 0.833 bits per heavy atom. The lowest BCUT2D eigenvalue weighted by molar-refractivity contribution is 0.102. The van der Waals surface area contributed by atoms with Crippen LogP contribution in [0, 0.1) is 13.8 Å². The van der Waals surface area contributed by atoms with E-state index < -0.39 is 0 Å². The van der Waals surface area contributed by atoms with Crippen molar-refractivity contribution in [2.75, 3.05) is 10.6 Å². The fraction of sp³-hybridized carbons (Fsp3) is 0.100. The SMILES string of the molecule is Cc1cccc(NC(=O)c2cc(Nc3cccc(C)c3)ccn2)c1. The van der Waals surface area contributed by atoms with Crippen LogP contribution in [0.1, 0.15) is 21.6 Å². The van der Waals surface area contributed by atoms with Gasteiger partial charge in [-0.15, -0.1) is 0 Å². The molecule has 1 amide bonds. The number of nitrogens with one attached hydrogen (secondary N) is 2. The van der Waals surface area contributed by atoms with E-state index in [2.05, 4.69) is 15.6 Å². The molecule has 0 aliphatic heterocycles. The third-order valence-corrected chi connectivity index (χ3v) is 3.58. The number of rotatable bonds is 4. The average Bonchev–Trinajstić information content (AvgIpc) is 2.55. The zero-order valence-electron chi connectivity index (χ0n) is 13.7. The fourth-order valence-electron chi connectivity index (χ4n) is 2.44. The summed E-state index contributed by atoms with van der Waals surface area (Å²) in [6.45, 7) is 4.03. The zero-order valence-corrected chi connectivity index (χ0v) is 13.7. The van der Waals surface area contributed by atoms with Gasteiger partial charge >= 0.3 is 0 Å². The van der Waals surface area contributed by atoms with Gasteiger partial charge in [-0.3, -0.25) is 9.78 Å². The Balaban J connectivity index is 1.76. The third kappa shape index (κ3) is 3.98. The van der Waals surface area contributed by atoms with Gasteiger partial charge in [0, 0.05) is 23.3 Å². The van der Waals surface area contributed by atoms with Crippen molar-refractivity contribution < 1.29 is 4.79 Å². The summed E-state index contributed by atoms with van der Waals surface area (Å²) in [6, 6.07) is 19.3. The maximum atomic E-state index is 12.4. The summed E-state index contributed by atoms with van der Waals surface area (Å²) < 4.78 is 0. The molecule has 4 nitrogen and oxygen atoms in total. The Morgan fingerprint density at radius 3 is 2.17 bits per heavy atom. The van der Waals surface area contributed by atoms with Crippen LogP contribution in [0.25, 0.3) is 0 Å². The number of carbonyl (C=O) groups is 1. The average molecular weight is 317 g/mol. The first kappa shape index (κ1) is 15.7. The Kier molecular flexibility index (Phi) is 4.57. The molecule has 0 unspecified atom stereocenters. The zero-order chi connectivity index (χ0) is 16.9. The van der Waals surface area contributed by atoms with Crippen molar-refractivity contribution >= 4 is 23.0 Å². The number of pyridine rings is 1. The van der Waals surface area contributed by atoms with Gasteiger partial charge in [0.1, 0.15) is 5.69 Å². The van der Waals surface area contributed by atoms with Crippen molar-refractivity contribution in [2.45, 2.75) is 13.8 Å². The van der Waals surface area contributed by atoms with Gasteiger partial charge in [-0.1, -0.05) is 24.3 Å². The second-order valence-electron chi connectivity index (χ2n) is 5.75. The molecule has 1 aromatic heterocycles. The molecule has 3 rings (SSSR count). The molecule has 120 valence electrons. The molecule has 0 aliphatic rings. The molecule has 0 aliphatic carbocycles. The van der Waals surface area contributed by atoms with E-state index in [9.17, 15) is 4.79 Å². The number of benzene rings is 2. The second-order valence-corrected chi connectivity index (χ2v) is 5.75. The number of hydrogen-bond acceptors (Lipinski definition) is 3. The second kappa shape index (κ2) is 6.96. The maximum Gasteiger partial charge on any atom is 0.274 e. The van der Waals surface area contributed by atoms with Crippen molar-refractivity contribution in [1.29, 1.82) is 0 Å². The van der Waals surface area contributed by atoms with E-state index in [4.69, 9.17) is 0 Å². The minimum atomic E-state index is -0.228. The van der Waals surface area contributed by atoms with Crippen molar-refractivity contribution in [1.82, 2.24) is 4.98 Å². The lowest BCUT2D eigenvalue weighted by Gasteiger charge is -2.09. The summed E-state index contributed by atoms with van der Waals surface area (Å²) in [4.78, 5) is 16.5. The number of nitrogens with zero attached hydrogens (tertiary/aromatic N) is 1. The quantitative estimate of drug-likeness (QED) is 0.733. The summed E-state index contributed by atoms with van der Waals surface area (Å²) in [7, 11) is 0. The van der Waals surface area contributed by atoms with Gasteiger partial charge in [0.05, 0.1) is 0 Å². The lowest BCUT2D eigenvalue weighted by Crippen LogP contribution is -2.13. The first-order valence-electron chi connectivity index (χ1n) is 7.78. The number of anilines is 3.